The summed E-state index contributed by atoms with van der Waals surface area (Å²) < 4.78 is 7.59. The molecule has 0 aromatic carbocycles. The molecule has 11 heteroatoms. The second-order valence-electron chi connectivity index (χ2n) is 8.54. The summed E-state index contributed by atoms with van der Waals surface area (Å²) >= 11 is 0. The van der Waals surface area contributed by atoms with Crippen LogP contribution in [0.3, 0.4) is 0 Å². The van der Waals surface area contributed by atoms with Crippen LogP contribution in [0.5, 0.6) is 5.88 Å². The molecule has 10 nitrogen and oxygen atoms in total. The molecule has 0 aliphatic carbocycles. The number of rotatable bonds is 13. The van der Waals surface area contributed by atoms with Crippen molar-refractivity contribution in [3.63, 3.8) is 0 Å². The molecule has 33 heavy (non-hydrogen) atoms. The smallest absolute Gasteiger partial charge is 0.870 e. The summed E-state index contributed by atoms with van der Waals surface area (Å²) in [6.45, 7) is 1.81. The maximum Gasteiger partial charge on any atom is 1.00 e. The molecular formula is C22H37N4NaO6. The maximum absolute atomic E-state index is 10.9. The van der Waals surface area contributed by atoms with Gasteiger partial charge in [0.15, 0.2) is 16.9 Å². The molecule has 0 spiro atoms. The Balaban J connectivity index is 0.00000272. The van der Waals surface area contributed by atoms with Crippen LogP contribution in [0.25, 0.3) is 11.2 Å². The van der Waals surface area contributed by atoms with E-state index in [2.05, 4.69) is 21.9 Å². The standard InChI is InChI=1S/C22H36N4O5.Na.H2O/c1-2-3-4-5-6-7-8-9-10-11-12-22(19(29)18(28)16(13-27)31-22)26-15-25-17-20(26)23-14-24-21(17)30;;/h14-16,18-19,27-29H,2-13H2,1H3,(H,23,24,30);;1H2/q;+1;/p-1/t16-,18-,19-,22-;;/m1../s1. The number of nitrogens with zero attached hydrogens (tertiary/aromatic N) is 4. The first-order chi connectivity index (χ1) is 15.0. The van der Waals surface area contributed by atoms with Crippen molar-refractivity contribution in [3.05, 3.63) is 12.7 Å². The van der Waals surface area contributed by atoms with E-state index >= 15 is 0 Å². The second-order valence-corrected chi connectivity index (χ2v) is 8.54. The van der Waals surface area contributed by atoms with Gasteiger partial charge in [-0.1, -0.05) is 64.7 Å². The van der Waals surface area contributed by atoms with E-state index in [0.717, 1.165) is 19.3 Å². The molecule has 0 bridgehead atoms. The number of aliphatic hydroxyl groups is 3. The van der Waals surface area contributed by atoms with E-state index in [1.807, 2.05) is 0 Å². The number of ether oxygens (including phenoxy) is 1. The summed E-state index contributed by atoms with van der Waals surface area (Å²) in [5.74, 6) is -0.260. The van der Waals surface area contributed by atoms with Crippen molar-refractivity contribution < 1.29 is 60.2 Å². The zero-order valence-electron chi connectivity index (χ0n) is 19.8. The molecular weight excluding hydrogens is 439 g/mol. The van der Waals surface area contributed by atoms with Crippen molar-refractivity contribution in [2.24, 2.45) is 0 Å². The first-order valence-electron chi connectivity index (χ1n) is 11.6. The quantitative estimate of drug-likeness (QED) is 0.219. The van der Waals surface area contributed by atoms with Gasteiger partial charge in [0.2, 0.25) is 5.88 Å². The molecule has 0 saturated carbocycles. The third-order valence-corrected chi connectivity index (χ3v) is 6.31. The molecule has 0 amide bonds. The van der Waals surface area contributed by atoms with Gasteiger partial charge in [0, 0.05) is 0 Å². The molecule has 2 aromatic rings. The molecule has 3 rings (SSSR count). The van der Waals surface area contributed by atoms with Crippen molar-refractivity contribution >= 4 is 11.2 Å². The van der Waals surface area contributed by atoms with Gasteiger partial charge in [-0.15, -0.1) is 0 Å². The zero-order valence-corrected chi connectivity index (χ0v) is 21.8. The Labute approximate surface area is 217 Å². The molecule has 0 unspecified atom stereocenters. The van der Waals surface area contributed by atoms with Gasteiger partial charge in [-0.05, 0) is 12.8 Å². The minimum Gasteiger partial charge on any atom is -0.870 e. The number of unbranched alkanes of at least 4 members (excludes halogenated alkanes) is 9. The van der Waals surface area contributed by atoms with Gasteiger partial charge in [-0.25, -0.2) is 9.97 Å². The average molecular weight is 477 g/mol. The number of aliphatic hydroxyl groups excluding tert-OH is 3. The van der Waals surface area contributed by atoms with Gasteiger partial charge in [-0.2, -0.15) is 4.98 Å². The zero-order chi connectivity index (χ0) is 22.3. The Hall–Kier alpha value is -0.850. The number of aromatic nitrogens is 4. The van der Waals surface area contributed by atoms with E-state index in [1.54, 1.807) is 4.57 Å². The Morgan fingerprint density at radius 1 is 0.970 bits per heavy atom. The summed E-state index contributed by atoms with van der Waals surface area (Å²) in [6, 6.07) is 0. The van der Waals surface area contributed by atoms with Gasteiger partial charge in [0.25, 0.3) is 0 Å². The Bertz CT molecular complexity index is 825. The summed E-state index contributed by atoms with van der Waals surface area (Å²) in [7, 11) is 0. The van der Waals surface area contributed by atoms with E-state index in [1.165, 1.54) is 57.6 Å². The molecule has 5 N–H and O–H groups in total. The third-order valence-electron chi connectivity index (χ3n) is 6.31. The number of hydrogen-bond acceptors (Lipinski definition) is 9. The number of aromatic hydroxyl groups is 1. The minimum absolute atomic E-state index is 0. The fourth-order valence-corrected chi connectivity index (χ4v) is 4.51. The van der Waals surface area contributed by atoms with Crippen molar-refractivity contribution in [3.8, 4) is 5.88 Å². The van der Waals surface area contributed by atoms with E-state index in [4.69, 9.17) is 4.74 Å². The van der Waals surface area contributed by atoms with Crippen LogP contribution in [0, 0.1) is 0 Å². The van der Waals surface area contributed by atoms with Gasteiger partial charge in [0.1, 0.15) is 24.6 Å². The Morgan fingerprint density at radius 2 is 1.58 bits per heavy atom. The Morgan fingerprint density at radius 3 is 2.15 bits per heavy atom. The summed E-state index contributed by atoms with van der Waals surface area (Å²) in [5, 5.41) is 40.9. The average Bonchev–Trinajstić information content (AvgIpc) is 3.31. The van der Waals surface area contributed by atoms with Gasteiger partial charge in [0.05, 0.1) is 12.9 Å². The molecule has 2 aromatic heterocycles. The van der Waals surface area contributed by atoms with Crippen LogP contribution in [0.15, 0.2) is 12.7 Å². The van der Waals surface area contributed by atoms with Crippen LogP contribution in [0.1, 0.15) is 77.6 Å². The van der Waals surface area contributed by atoms with Crippen molar-refractivity contribution in [2.75, 3.05) is 6.61 Å². The van der Waals surface area contributed by atoms with Crippen molar-refractivity contribution in [1.82, 2.24) is 19.5 Å². The molecule has 4 atom stereocenters. The summed E-state index contributed by atoms with van der Waals surface area (Å²) in [6.07, 6.45) is 11.4. The molecule has 182 valence electrons. The molecule has 3 heterocycles. The largest absolute Gasteiger partial charge is 1.00 e. The first kappa shape index (κ1) is 30.2. The molecule has 1 aliphatic rings. The summed E-state index contributed by atoms with van der Waals surface area (Å²) in [4.78, 5) is 12.1. The van der Waals surface area contributed by atoms with Crippen LogP contribution >= 0.6 is 0 Å². The number of hydrogen-bond donors (Lipinski definition) is 4. The van der Waals surface area contributed by atoms with Crippen LogP contribution in [0.4, 0.5) is 0 Å². The van der Waals surface area contributed by atoms with Crippen LogP contribution in [-0.4, -0.2) is 70.3 Å². The van der Waals surface area contributed by atoms with Crippen molar-refractivity contribution in [2.45, 2.75) is 102 Å². The fourth-order valence-electron chi connectivity index (χ4n) is 4.51. The van der Waals surface area contributed by atoms with Gasteiger partial charge >= 0.3 is 29.6 Å². The molecule has 1 fully saturated rings. The Kier molecular flexibility index (Phi) is 13.3. The predicted octanol–water partition coefficient (Wildman–Crippen LogP) is -0.564. The van der Waals surface area contributed by atoms with E-state index < -0.39 is 30.6 Å². The fraction of sp³-hybridized carbons (Fsp3) is 0.773. The minimum atomic E-state index is -1.32. The maximum atomic E-state index is 10.9. The number of fused-ring (bicyclic) bond motifs is 1. The topological polar surface area (TPSA) is 164 Å². The van der Waals surface area contributed by atoms with Gasteiger partial charge in [-0.3, -0.25) is 4.57 Å². The normalized spacial score (nSPS) is 24.5. The molecule has 1 aliphatic heterocycles. The van der Waals surface area contributed by atoms with Gasteiger partial charge < -0.3 is 30.6 Å². The van der Waals surface area contributed by atoms with Crippen LogP contribution in [0.2, 0.25) is 0 Å². The van der Waals surface area contributed by atoms with E-state index in [9.17, 15) is 20.4 Å². The first-order valence-corrected chi connectivity index (χ1v) is 11.6. The molecule has 0 radical (unpaired) electrons. The monoisotopic (exact) mass is 476 g/mol. The third kappa shape index (κ3) is 6.85. The second kappa shape index (κ2) is 14.5. The van der Waals surface area contributed by atoms with Crippen molar-refractivity contribution in [1.29, 1.82) is 0 Å². The van der Waals surface area contributed by atoms with Crippen LogP contribution in [-0.2, 0) is 10.5 Å². The van der Waals surface area contributed by atoms with Crippen LogP contribution < -0.4 is 29.6 Å². The molecule has 1 saturated heterocycles. The van der Waals surface area contributed by atoms with E-state index in [0.29, 0.717) is 12.1 Å². The summed E-state index contributed by atoms with van der Waals surface area (Å²) in [5.41, 5.74) is -0.810. The van der Waals surface area contributed by atoms with E-state index in [-0.39, 0.29) is 46.4 Å². The number of imidazole rings is 1. The predicted molar refractivity (Wildman–Crippen MR) is 117 cm³/mol. The SMILES string of the molecule is CCCCCCCCCCCC[C@@]1(n2cnc3c(O)ncnc32)O[C@H](CO)[C@@H](O)[C@H]1O.[Na+].[OH-].